The summed E-state index contributed by atoms with van der Waals surface area (Å²) in [6.45, 7) is 3.82. The molecule has 5 heteroatoms. The van der Waals surface area contributed by atoms with Gasteiger partial charge in [-0.25, -0.2) is 0 Å². The molecule has 1 aromatic carbocycles. The maximum Gasteiger partial charge on any atom is 0.131 e. The molecule has 0 bridgehead atoms. The number of hydrogen-bond donors (Lipinski definition) is 2. The minimum atomic E-state index is -0.684. The molecule has 0 unspecified atom stereocenters. The minimum absolute atomic E-state index is 0.0338. The highest BCUT2D eigenvalue weighted by atomic mass is 16.5. The zero-order chi connectivity index (χ0) is 14.6. The Morgan fingerprint density at radius 2 is 1.47 bits per heavy atom. The van der Waals surface area contributed by atoms with Crippen molar-refractivity contribution in [3.05, 3.63) is 17.7 Å². The molecular formula is C14H23NO4. The van der Waals surface area contributed by atoms with Crippen LogP contribution in [0.5, 0.6) is 17.2 Å². The molecule has 0 aliphatic rings. The van der Waals surface area contributed by atoms with Gasteiger partial charge in [0.2, 0.25) is 0 Å². The average Bonchev–Trinajstić information content (AvgIpc) is 2.43. The molecule has 0 saturated carbocycles. The smallest absolute Gasteiger partial charge is 0.131 e. The van der Waals surface area contributed by atoms with E-state index in [9.17, 15) is 5.11 Å². The van der Waals surface area contributed by atoms with E-state index in [0.29, 0.717) is 22.8 Å². The van der Waals surface area contributed by atoms with Gasteiger partial charge in [-0.15, -0.1) is 0 Å². The first-order chi connectivity index (χ1) is 8.96. The van der Waals surface area contributed by atoms with Crippen molar-refractivity contribution in [2.24, 2.45) is 11.7 Å². The van der Waals surface area contributed by atoms with E-state index >= 15 is 0 Å². The first-order valence-corrected chi connectivity index (χ1v) is 6.19. The van der Waals surface area contributed by atoms with Crippen LogP contribution >= 0.6 is 0 Å². The number of ether oxygens (including phenoxy) is 3. The van der Waals surface area contributed by atoms with Gasteiger partial charge in [0.25, 0.3) is 0 Å². The molecular weight excluding hydrogens is 246 g/mol. The standard InChI is InChI=1S/C14H23NO4/c1-8(2)14(16)13(15)12-10(18-4)6-9(17-3)7-11(12)19-5/h6-8,13-14,16H,15H2,1-5H3/t13-,14+/m1/s1. The number of aliphatic hydroxyl groups is 1. The number of rotatable bonds is 6. The van der Waals surface area contributed by atoms with Gasteiger partial charge in [-0.05, 0) is 5.92 Å². The summed E-state index contributed by atoms with van der Waals surface area (Å²) in [5, 5.41) is 10.1. The molecule has 0 fully saturated rings. The molecule has 0 aliphatic heterocycles. The summed E-state index contributed by atoms with van der Waals surface area (Å²) in [6, 6.07) is 2.87. The Labute approximate surface area is 114 Å². The van der Waals surface area contributed by atoms with E-state index in [1.54, 1.807) is 33.5 Å². The Kier molecular flexibility index (Phi) is 5.44. The molecule has 0 saturated heterocycles. The lowest BCUT2D eigenvalue weighted by atomic mass is 9.93. The van der Waals surface area contributed by atoms with Crippen LogP contribution in [0.4, 0.5) is 0 Å². The summed E-state index contributed by atoms with van der Waals surface area (Å²) in [5.74, 6) is 1.74. The van der Waals surface area contributed by atoms with Crippen LogP contribution in [0.25, 0.3) is 0 Å². The van der Waals surface area contributed by atoms with E-state index < -0.39 is 12.1 Å². The van der Waals surface area contributed by atoms with Crippen molar-refractivity contribution >= 4 is 0 Å². The van der Waals surface area contributed by atoms with Gasteiger partial charge in [0.15, 0.2) is 0 Å². The summed E-state index contributed by atoms with van der Waals surface area (Å²) in [5.41, 5.74) is 6.78. The monoisotopic (exact) mass is 269 g/mol. The van der Waals surface area contributed by atoms with E-state index in [1.165, 1.54) is 0 Å². The van der Waals surface area contributed by atoms with E-state index in [4.69, 9.17) is 19.9 Å². The van der Waals surface area contributed by atoms with Crippen LogP contribution in [0.2, 0.25) is 0 Å². The maximum atomic E-state index is 10.1. The van der Waals surface area contributed by atoms with Crippen molar-refractivity contribution in [3.8, 4) is 17.2 Å². The predicted octanol–water partition coefficient (Wildman–Crippen LogP) is 1.73. The van der Waals surface area contributed by atoms with Gasteiger partial charge in [-0.1, -0.05) is 13.8 Å². The van der Waals surface area contributed by atoms with Crippen molar-refractivity contribution in [2.45, 2.75) is 26.0 Å². The molecule has 0 amide bonds. The third-order valence-corrected chi connectivity index (χ3v) is 3.14. The number of benzene rings is 1. The Hall–Kier alpha value is -1.46. The third kappa shape index (κ3) is 3.30. The van der Waals surface area contributed by atoms with Gasteiger partial charge in [0.1, 0.15) is 17.2 Å². The first-order valence-electron chi connectivity index (χ1n) is 6.19. The third-order valence-electron chi connectivity index (χ3n) is 3.14. The van der Waals surface area contributed by atoms with Crippen molar-refractivity contribution in [2.75, 3.05) is 21.3 Å². The van der Waals surface area contributed by atoms with Gasteiger partial charge >= 0.3 is 0 Å². The lowest BCUT2D eigenvalue weighted by Crippen LogP contribution is -2.31. The van der Waals surface area contributed by atoms with Gasteiger partial charge in [0, 0.05) is 12.1 Å². The van der Waals surface area contributed by atoms with E-state index in [2.05, 4.69) is 0 Å². The van der Waals surface area contributed by atoms with E-state index in [0.717, 1.165) is 0 Å². The van der Waals surface area contributed by atoms with E-state index in [-0.39, 0.29) is 5.92 Å². The lowest BCUT2D eigenvalue weighted by Gasteiger charge is -2.26. The molecule has 0 aliphatic carbocycles. The fourth-order valence-electron chi connectivity index (χ4n) is 1.95. The summed E-state index contributed by atoms with van der Waals surface area (Å²) < 4.78 is 15.8. The van der Waals surface area contributed by atoms with Crippen molar-refractivity contribution in [3.63, 3.8) is 0 Å². The minimum Gasteiger partial charge on any atom is -0.496 e. The molecule has 19 heavy (non-hydrogen) atoms. The average molecular weight is 269 g/mol. The molecule has 3 N–H and O–H groups in total. The molecule has 5 nitrogen and oxygen atoms in total. The molecule has 0 aromatic heterocycles. The van der Waals surface area contributed by atoms with Crippen LogP contribution < -0.4 is 19.9 Å². The number of aliphatic hydroxyl groups excluding tert-OH is 1. The number of methoxy groups -OCH3 is 3. The summed E-state index contributed by atoms with van der Waals surface area (Å²) in [6.07, 6.45) is -0.684. The molecule has 0 heterocycles. The summed E-state index contributed by atoms with van der Waals surface area (Å²) in [4.78, 5) is 0. The van der Waals surface area contributed by atoms with Crippen molar-refractivity contribution < 1.29 is 19.3 Å². The Balaban J connectivity index is 3.31. The Morgan fingerprint density at radius 3 is 1.79 bits per heavy atom. The second-order valence-corrected chi connectivity index (χ2v) is 4.71. The van der Waals surface area contributed by atoms with E-state index in [1.807, 2.05) is 13.8 Å². The van der Waals surface area contributed by atoms with Crippen LogP contribution in [0, 0.1) is 5.92 Å². The topological polar surface area (TPSA) is 73.9 Å². The summed E-state index contributed by atoms with van der Waals surface area (Å²) in [7, 11) is 4.66. The molecule has 108 valence electrons. The number of hydrogen-bond acceptors (Lipinski definition) is 5. The zero-order valence-corrected chi connectivity index (χ0v) is 12.1. The molecule has 1 rings (SSSR count). The molecule has 1 aromatic rings. The Morgan fingerprint density at radius 1 is 1.00 bits per heavy atom. The zero-order valence-electron chi connectivity index (χ0n) is 12.1. The second kappa shape index (κ2) is 6.63. The predicted molar refractivity (Wildman–Crippen MR) is 73.9 cm³/mol. The highest BCUT2D eigenvalue weighted by Crippen LogP contribution is 2.39. The van der Waals surface area contributed by atoms with Crippen molar-refractivity contribution in [1.29, 1.82) is 0 Å². The fourth-order valence-corrected chi connectivity index (χ4v) is 1.95. The Bertz CT molecular complexity index is 395. The number of nitrogens with two attached hydrogens (primary N) is 1. The fraction of sp³-hybridized carbons (Fsp3) is 0.571. The largest absolute Gasteiger partial charge is 0.496 e. The quantitative estimate of drug-likeness (QED) is 0.822. The highest BCUT2D eigenvalue weighted by molar-refractivity contribution is 5.52. The first kappa shape index (κ1) is 15.6. The van der Waals surface area contributed by atoms with Crippen LogP contribution in [-0.4, -0.2) is 32.5 Å². The normalized spacial score (nSPS) is 14.1. The second-order valence-electron chi connectivity index (χ2n) is 4.71. The molecule has 0 radical (unpaired) electrons. The highest BCUT2D eigenvalue weighted by Gasteiger charge is 2.27. The molecule has 2 atom stereocenters. The van der Waals surface area contributed by atoms with Crippen LogP contribution in [0.15, 0.2) is 12.1 Å². The van der Waals surface area contributed by atoms with Gasteiger partial charge in [-0.3, -0.25) is 0 Å². The maximum absolute atomic E-state index is 10.1. The van der Waals surface area contributed by atoms with Gasteiger partial charge in [-0.2, -0.15) is 0 Å². The van der Waals surface area contributed by atoms with Gasteiger partial charge < -0.3 is 25.1 Å². The lowest BCUT2D eigenvalue weighted by molar-refractivity contribution is 0.0958. The van der Waals surface area contributed by atoms with Crippen LogP contribution in [-0.2, 0) is 0 Å². The SMILES string of the molecule is COc1cc(OC)c([C@@H](N)[C@@H](O)C(C)C)c(OC)c1. The van der Waals surface area contributed by atoms with Gasteiger partial charge in [0.05, 0.1) is 39.0 Å². The molecule has 0 spiro atoms. The van der Waals surface area contributed by atoms with Crippen LogP contribution in [0.1, 0.15) is 25.5 Å². The van der Waals surface area contributed by atoms with Crippen molar-refractivity contribution in [1.82, 2.24) is 0 Å². The van der Waals surface area contributed by atoms with Crippen LogP contribution in [0.3, 0.4) is 0 Å². The summed E-state index contributed by atoms with van der Waals surface area (Å²) >= 11 is 0.